The molecule has 0 spiro atoms. The van der Waals surface area contributed by atoms with E-state index in [1.807, 2.05) is 328 Å². The van der Waals surface area contributed by atoms with Gasteiger partial charge in [-0.25, -0.2) is 49.8 Å². The highest BCUT2D eigenvalue weighted by Crippen LogP contribution is 2.46. The van der Waals surface area contributed by atoms with Gasteiger partial charge in [0.1, 0.15) is 72.4 Å². The SMILES string of the molecule is c1ccc(-c2nc(-c3ccc4c(c3)oc3ccccc34)nc(-c3cccc4oc5ccc(-c6nc7ccccc7o6)cc5c34)n2)cc1.c1ccc(-c2nc(-c3cccc4c3oc3ccccc34)nc(-c3cccc4oc5ccc(-c6nc7ccccc7o6)cc5c34)n2)cc1.c1ccc(-c2nc(-c3cccc4oc5ccc(-c6nc7ccccc7o6)cc5c34)nc(-n3c4ccccc4c4ccccc43)n2)cc1. The normalized spacial score (nSPS) is 11.8. The van der Waals surface area contributed by atoms with Crippen molar-refractivity contribution < 1.29 is 35.3 Å². The maximum absolute atomic E-state index is 6.39. The zero-order valence-electron chi connectivity index (χ0n) is 74.3. The van der Waals surface area contributed by atoms with E-state index in [1.165, 1.54) is 0 Å². The highest BCUT2D eigenvalue weighted by Gasteiger charge is 2.28. The van der Waals surface area contributed by atoms with Crippen molar-refractivity contribution in [2.45, 2.75) is 0 Å². The van der Waals surface area contributed by atoms with Gasteiger partial charge >= 0.3 is 0 Å². The molecule has 0 aliphatic carbocycles. The van der Waals surface area contributed by atoms with Crippen LogP contribution < -0.4 is 0 Å². The number of furan rings is 5. The quantitative estimate of drug-likeness (QED) is 0.110. The first-order valence-electron chi connectivity index (χ1n) is 46.0. The molecule has 12 heterocycles. The zero-order chi connectivity index (χ0) is 92.7. The topological polar surface area (TPSA) is 265 Å². The molecule has 0 atom stereocenters. The van der Waals surface area contributed by atoms with E-state index in [-0.39, 0.29) is 0 Å². The van der Waals surface area contributed by atoms with Crippen LogP contribution in [-0.4, -0.2) is 64.4 Å². The Balaban J connectivity index is 0.000000104. The van der Waals surface area contributed by atoms with Crippen LogP contribution in [0.15, 0.2) is 442 Å². The third-order valence-corrected chi connectivity index (χ3v) is 25.9. The highest BCUT2D eigenvalue weighted by molar-refractivity contribution is 6.17. The van der Waals surface area contributed by atoms with Gasteiger partial charge in [0, 0.05) is 120 Å². The van der Waals surface area contributed by atoms with Crippen molar-refractivity contribution in [3.8, 4) is 131 Å². The lowest BCUT2D eigenvalue weighted by atomic mass is 10.0. The van der Waals surface area contributed by atoms with Gasteiger partial charge in [-0.05, 0) is 152 Å². The molecule has 12 aromatic heterocycles. The van der Waals surface area contributed by atoms with Gasteiger partial charge in [-0.2, -0.15) is 9.97 Å². The number of hydrogen-bond donors (Lipinski definition) is 0. The van der Waals surface area contributed by atoms with Crippen LogP contribution in [0.4, 0.5) is 0 Å². The van der Waals surface area contributed by atoms with Crippen LogP contribution in [0.2, 0.25) is 0 Å². The van der Waals surface area contributed by atoms with Crippen molar-refractivity contribution in [1.29, 1.82) is 0 Å². The summed E-state index contributed by atoms with van der Waals surface area (Å²) in [5.74, 6) is 6.62. The van der Waals surface area contributed by atoms with Crippen LogP contribution in [0.1, 0.15) is 0 Å². The summed E-state index contributed by atoms with van der Waals surface area (Å²) in [6.07, 6.45) is 0. The molecule has 30 aromatic rings. The minimum absolute atomic E-state index is 0.524. The minimum atomic E-state index is 0.524. The summed E-state index contributed by atoms with van der Waals surface area (Å²) in [5, 5.41) is 11.9. The van der Waals surface area contributed by atoms with Gasteiger partial charge in [0.15, 0.2) is 63.3 Å². The van der Waals surface area contributed by atoms with E-state index >= 15 is 0 Å². The number of nitrogens with zero attached hydrogens (tertiary/aromatic N) is 13. The second kappa shape index (κ2) is 32.5. The number of rotatable bonds is 12. The highest BCUT2D eigenvalue weighted by atomic mass is 16.4. The average Bonchev–Trinajstić information content (AvgIpc) is 1.60. The molecule has 18 aromatic carbocycles. The lowest BCUT2D eigenvalue weighted by molar-refractivity contribution is 0.619. The standard InChI is InChI=1S/C40H23N5O2.2C40H22N4O3/c1-2-11-24(12-3-1)37-42-38(44-40(43-37)45-31-17-7-4-13-26(31)27-14-5-8-18-32(27)45)28-15-10-20-35-36(28)29-23-25(21-22-33(29)46-35)39-41-30-16-6-9-19-34(30)47-39;1-2-10-23(11-3-1)37-42-38(44-39(43-37)28-15-8-13-26-25-12-4-6-17-31(25)46-36(26)28)27-14-9-19-34-35(27)29-22-24(20-21-32(29)45-34)40-41-30-16-5-7-18-33(30)47-40;1-2-9-23(10-3-1)37-42-38(24-17-19-27-26-11-4-6-14-31(26)46-35(27)22-24)44-39(43-37)28-12-8-16-34-36(28)29-21-25(18-20-32(29)45-34)40-41-30-13-5-7-15-33(30)47-40/h1-23H;2*1-22H. The molecular weight excluding hydrogens is 1750 g/mol. The molecule has 0 saturated carbocycles. The number of para-hydroxylation sites is 11. The number of fused-ring (bicyclic) bond motifs is 21. The van der Waals surface area contributed by atoms with Gasteiger partial charge in [0.25, 0.3) is 0 Å². The molecule has 0 saturated heterocycles. The molecule has 21 heteroatoms. The smallest absolute Gasteiger partial charge is 0.238 e. The predicted octanol–water partition coefficient (Wildman–Crippen LogP) is 31.0. The monoisotopic (exact) mass is 1820 g/mol. The Morgan fingerprint density at radius 1 is 0.156 bits per heavy atom. The molecular formula is C120H67N13O8. The van der Waals surface area contributed by atoms with Gasteiger partial charge in [0.2, 0.25) is 23.6 Å². The second-order valence-electron chi connectivity index (χ2n) is 34.4. The van der Waals surface area contributed by atoms with Crippen LogP contribution >= 0.6 is 0 Å². The maximum Gasteiger partial charge on any atom is 0.238 e. The summed E-state index contributed by atoms with van der Waals surface area (Å²) in [6.45, 7) is 0. The van der Waals surface area contributed by atoms with Gasteiger partial charge in [-0.15, -0.1) is 0 Å². The molecule has 0 amide bonds. The summed E-state index contributed by atoms with van der Waals surface area (Å²) in [5.41, 5.74) is 23.7. The van der Waals surface area contributed by atoms with Crippen molar-refractivity contribution in [3.63, 3.8) is 0 Å². The van der Waals surface area contributed by atoms with E-state index in [0.29, 0.717) is 70.2 Å². The first-order chi connectivity index (χ1) is 69.8. The van der Waals surface area contributed by atoms with Crippen LogP contribution in [0, 0.1) is 0 Å². The van der Waals surface area contributed by atoms with Gasteiger partial charge in [0.05, 0.1) is 16.6 Å². The van der Waals surface area contributed by atoms with Crippen molar-refractivity contribution in [2.24, 2.45) is 0 Å². The van der Waals surface area contributed by atoms with Crippen molar-refractivity contribution in [1.82, 2.24) is 64.4 Å². The van der Waals surface area contributed by atoms with Crippen molar-refractivity contribution >= 4 is 165 Å². The molecule has 0 aliphatic heterocycles. The Labute approximate surface area is 797 Å². The molecule has 141 heavy (non-hydrogen) atoms. The summed E-state index contributed by atoms with van der Waals surface area (Å²) in [7, 11) is 0. The molecule has 0 fully saturated rings. The maximum atomic E-state index is 6.39. The van der Waals surface area contributed by atoms with Crippen molar-refractivity contribution in [2.75, 3.05) is 0 Å². The lowest BCUT2D eigenvalue weighted by Crippen LogP contribution is -2.06. The predicted molar refractivity (Wildman–Crippen MR) is 553 cm³/mol. The molecule has 21 nitrogen and oxygen atoms in total. The Morgan fingerprint density at radius 3 is 0.908 bits per heavy atom. The molecule has 0 bridgehead atoms. The largest absolute Gasteiger partial charge is 0.456 e. The second-order valence-corrected chi connectivity index (χ2v) is 34.4. The van der Waals surface area contributed by atoms with E-state index < -0.39 is 0 Å². The Hall–Kier alpha value is -19.8. The third-order valence-electron chi connectivity index (χ3n) is 25.9. The number of hydrogen-bond acceptors (Lipinski definition) is 20. The van der Waals surface area contributed by atoms with Gasteiger partial charge < -0.3 is 35.3 Å². The van der Waals surface area contributed by atoms with E-state index in [0.717, 1.165) is 226 Å². The van der Waals surface area contributed by atoms with E-state index in [9.17, 15) is 0 Å². The van der Waals surface area contributed by atoms with Gasteiger partial charge in [-0.3, -0.25) is 4.57 Å². The van der Waals surface area contributed by atoms with Crippen LogP contribution in [0.25, 0.3) is 296 Å². The molecule has 0 radical (unpaired) electrons. The van der Waals surface area contributed by atoms with E-state index in [1.54, 1.807) is 0 Å². The molecule has 660 valence electrons. The fourth-order valence-corrected chi connectivity index (χ4v) is 19.3. The minimum Gasteiger partial charge on any atom is -0.456 e. The average molecular weight is 1820 g/mol. The fourth-order valence-electron chi connectivity index (χ4n) is 19.3. The van der Waals surface area contributed by atoms with Crippen molar-refractivity contribution in [3.05, 3.63) is 406 Å². The Morgan fingerprint density at radius 2 is 0.454 bits per heavy atom. The Kier molecular flexibility index (Phi) is 18.4. The summed E-state index contributed by atoms with van der Waals surface area (Å²) >= 11 is 0. The first kappa shape index (κ1) is 79.7. The third kappa shape index (κ3) is 13.8. The fraction of sp³-hybridized carbons (Fsp3) is 0. The van der Waals surface area contributed by atoms with E-state index in [2.05, 4.69) is 83.4 Å². The molecule has 0 N–H and O–H groups in total. The summed E-state index contributed by atoms with van der Waals surface area (Å²) in [4.78, 5) is 59.7. The lowest BCUT2D eigenvalue weighted by Gasteiger charge is -2.11. The summed E-state index contributed by atoms with van der Waals surface area (Å²) < 4.78 is 52.1. The molecule has 0 unspecified atom stereocenters. The number of aromatic nitrogens is 13. The first-order valence-corrected chi connectivity index (χ1v) is 46.0. The van der Waals surface area contributed by atoms with Crippen LogP contribution in [0.3, 0.4) is 0 Å². The Bertz CT molecular complexity index is 10100. The molecule has 30 rings (SSSR count). The van der Waals surface area contributed by atoms with E-state index in [4.69, 9.17) is 95.1 Å². The number of oxazole rings is 3. The molecule has 0 aliphatic rings. The van der Waals surface area contributed by atoms with Gasteiger partial charge in [-0.1, -0.05) is 255 Å². The van der Waals surface area contributed by atoms with Crippen LogP contribution in [-0.2, 0) is 0 Å². The number of benzene rings is 18. The zero-order valence-corrected chi connectivity index (χ0v) is 74.3. The summed E-state index contributed by atoms with van der Waals surface area (Å²) in [6, 6.07) is 134. The van der Waals surface area contributed by atoms with Crippen LogP contribution in [0.5, 0.6) is 0 Å².